The summed E-state index contributed by atoms with van der Waals surface area (Å²) in [5.74, 6) is -0.890. The van der Waals surface area contributed by atoms with Crippen molar-refractivity contribution in [2.45, 2.75) is 19.8 Å². The molecular formula is C7H10O3. The monoisotopic (exact) mass is 142 g/mol. The quantitative estimate of drug-likeness (QED) is 0.595. The third kappa shape index (κ3) is 6.88. The Bertz CT molecular complexity index is 158. The van der Waals surface area contributed by atoms with Crippen LogP contribution >= 0.6 is 0 Å². The lowest BCUT2D eigenvalue weighted by Gasteiger charge is -1.85. The number of carbonyl (C=O) groups is 2. The van der Waals surface area contributed by atoms with E-state index in [4.69, 9.17) is 5.11 Å². The maximum Gasteiger partial charge on any atom is 0.327 e. The van der Waals surface area contributed by atoms with Crippen molar-refractivity contribution in [1.29, 1.82) is 0 Å². The largest absolute Gasteiger partial charge is 0.478 e. The molecule has 0 radical (unpaired) electrons. The Morgan fingerprint density at radius 3 is 2.50 bits per heavy atom. The maximum atomic E-state index is 10.3. The van der Waals surface area contributed by atoms with Crippen LogP contribution in [0, 0.1) is 0 Å². The minimum atomic E-state index is -0.969. The van der Waals surface area contributed by atoms with Gasteiger partial charge in [0.1, 0.15) is 5.78 Å². The number of allylic oxidation sites excluding steroid dienone is 1. The van der Waals surface area contributed by atoms with Crippen molar-refractivity contribution in [3.63, 3.8) is 0 Å². The van der Waals surface area contributed by atoms with Crippen LogP contribution in [0.4, 0.5) is 0 Å². The van der Waals surface area contributed by atoms with Crippen molar-refractivity contribution in [1.82, 2.24) is 0 Å². The average Bonchev–Trinajstić information content (AvgIpc) is 1.79. The molecular weight excluding hydrogens is 132 g/mol. The first-order chi connectivity index (χ1) is 4.63. The lowest BCUT2D eigenvalue weighted by Crippen LogP contribution is -1.89. The summed E-state index contributed by atoms with van der Waals surface area (Å²) >= 11 is 0. The summed E-state index contributed by atoms with van der Waals surface area (Å²) in [4.78, 5) is 20.2. The number of ketones is 1. The summed E-state index contributed by atoms with van der Waals surface area (Å²) in [5, 5.41) is 8.11. The highest BCUT2D eigenvalue weighted by Gasteiger charge is 1.89. The van der Waals surface area contributed by atoms with Crippen LogP contribution in [0.1, 0.15) is 19.8 Å². The van der Waals surface area contributed by atoms with Gasteiger partial charge < -0.3 is 9.90 Å². The van der Waals surface area contributed by atoms with Gasteiger partial charge in [0, 0.05) is 12.5 Å². The van der Waals surface area contributed by atoms with E-state index in [0.29, 0.717) is 12.8 Å². The molecule has 0 spiro atoms. The van der Waals surface area contributed by atoms with Crippen molar-refractivity contribution in [2.75, 3.05) is 0 Å². The van der Waals surface area contributed by atoms with Crippen molar-refractivity contribution in [2.24, 2.45) is 0 Å². The number of aliphatic carboxylic acids is 1. The van der Waals surface area contributed by atoms with Crippen molar-refractivity contribution in [3.8, 4) is 0 Å². The van der Waals surface area contributed by atoms with Crippen LogP contribution in [0.2, 0.25) is 0 Å². The van der Waals surface area contributed by atoms with E-state index in [1.54, 1.807) is 0 Å². The molecule has 0 aromatic heterocycles. The fraction of sp³-hybridized carbons (Fsp3) is 0.429. The molecule has 0 bridgehead atoms. The lowest BCUT2D eigenvalue weighted by atomic mass is 10.2. The van der Waals surface area contributed by atoms with Gasteiger partial charge in [0.15, 0.2) is 0 Å². The van der Waals surface area contributed by atoms with Gasteiger partial charge in [-0.15, -0.1) is 0 Å². The number of hydrogen-bond acceptors (Lipinski definition) is 2. The zero-order chi connectivity index (χ0) is 7.98. The third-order valence-corrected chi connectivity index (χ3v) is 0.923. The summed E-state index contributed by atoms with van der Waals surface area (Å²) in [6.45, 7) is 1.48. The molecule has 1 N–H and O–H groups in total. The van der Waals surface area contributed by atoms with E-state index in [2.05, 4.69) is 0 Å². The maximum absolute atomic E-state index is 10.3. The van der Waals surface area contributed by atoms with Crippen LogP contribution in [-0.2, 0) is 9.59 Å². The molecule has 0 rings (SSSR count). The summed E-state index contributed by atoms with van der Waals surface area (Å²) in [6, 6.07) is 0. The van der Waals surface area contributed by atoms with E-state index in [1.165, 1.54) is 13.0 Å². The minimum Gasteiger partial charge on any atom is -0.478 e. The Morgan fingerprint density at radius 2 is 2.10 bits per heavy atom. The van der Waals surface area contributed by atoms with Gasteiger partial charge in [-0.3, -0.25) is 0 Å². The van der Waals surface area contributed by atoms with Crippen LogP contribution in [-0.4, -0.2) is 16.9 Å². The number of rotatable bonds is 4. The molecule has 3 nitrogen and oxygen atoms in total. The molecule has 0 saturated carbocycles. The number of carboxylic acids is 1. The van der Waals surface area contributed by atoms with Gasteiger partial charge in [-0.25, -0.2) is 4.79 Å². The Hall–Kier alpha value is -1.12. The molecule has 0 amide bonds. The van der Waals surface area contributed by atoms with Gasteiger partial charge in [0.05, 0.1) is 0 Å². The molecule has 0 aromatic carbocycles. The first kappa shape index (κ1) is 8.88. The molecule has 0 unspecified atom stereocenters. The highest BCUT2D eigenvalue weighted by molar-refractivity contribution is 5.80. The second-order valence-corrected chi connectivity index (χ2v) is 1.98. The van der Waals surface area contributed by atoms with Crippen molar-refractivity contribution < 1.29 is 14.7 Å². The van der Waals surface area contributed by atoms with Gasteiger partial charge in [-0.05, 0) is 13.3 Å². The number of carbonyl (C=O) groups excluding carboxylic acids is 1. The minimum absolute atomic E-state index is 0.0787. The molecule has 0 aliphatic rings. The van der Waals surface area contributed by atoms with E-state index in [1.807, 2.05) is 0 Å². The molecule has 3 heteroatoms. The number of Topliss-reactive ketones (excluding diaryl/α,β-unsaturated/α-hetero) is 1. The highest BCUT2D eigenvalue weighted by atomic mass is 16.4. The fourth-order valence-electron chi connectivity index (χ4n) is 0.471. The second-order valence-electron chi connectivity index (χ2n) is 1.98. The SMILES string of the molecule is CC(=O)CC/C=C/C(=O)O. The second kappa shape index (κ2) is 4.73. The Kier molecular flexibility index (Phi) is 4.20. The predicted molar refractivity (Wildman–Crippen MR) is 36.7 cm³/mol. The summed E-state index contributed by atoms with van der Waals surface area (Å²) in [6.07, 6.45) is 3.46. The molecule has 0 aliphatic heterocycles. The average molecular weight is 142 g/mol. The molecule has 0 aliphatic carbocycles. The Morgan fingerprint density at radius 1 is 1.50 bits per heavy atom. The zero-order valence-electron chi connectivity index (χ0n) is 5.83. The summed E-state index contributed by atoms with van der Waals surface area (Å²) in [7, 11) is 0. The van der Waals surface area contributed by atoms with Crippen molar-refractivity contribution >= 4 is 11.8 Å². The van der Waals surface area contributed by atoms with E-state index in [0.717, 1.165) is 6.08 Å². The molecule has 56 valence electrons. The molecule has 0 atom stereocenters. The lowest BCUT2D eigenvalue weighted by molar-refractivity contribution is -0.131. The summed E-state index contributed by atoms with van der Waals surface area (Å²) in [5.41, 5.74) is 0. The number of hydrogen-bond donors (Lipinski definition) is 1. The topological polar surface area (TPSA) is 54.4 Å². The molecule has 0 saturated heterocycles. The standard InChI is InChI=1S/C7H10O3/c1-6(8)4-2-3-5-7(9)10/h3,5H,2,4H2,1H3,(H,9,10)/b5-3+. The van der Waals surface area contributed by atoms with Gasteiger partial charge in [0.2, 0.25) is 0 Å². The van der Waals surface area contributed by atoms with Crippen molar-refractivity contribution in [3.05, 3.63) is 12.2 Å². The molecule has 0 heterocycles. The highest BCUT2D eigenvalue weighted by Crippen LogP contribution is 1.91. The van der Waals surface area contributed by atoms with Crippen LogP contribution in [0.3, 0.4) is 0 Å². The fourth-order valence-corrected chi connectivity index (χ4v) is 0.471. The van der Waals surface area contributed by atoms with E-state index < -0.39 is 5.97 Å². The van der Waals surface area contributed by atoms with Gasteiger partial charge in [0.25, 0.3) is 0 Å². The smallest absolute Gasteiger partial charge is 0.327 e. The molecule has 0 aromatic rings. The summed E-state index contributed by atoms with van der Waals surface area (Å²) < 4.78 is 0. The predicted octanol–water partition coefficient (Wildman–Crippen LogP) is 0.996. The Labute approximate surface area is 59.4 Å². The van der Waals surface area contributed by atoms with E-state index >= 15 is 0 Å². The first-order valence-corrected chi connectivity index (χ1v) is 3.02. The normalized spacial score (nSPS) is 10.1. The van der Waals surface area contributed by atoms with Gasteiger partial charge in [-0.2, -0.15) is 0 Å². The number of carboxylic acid groups (broad SMARTS) is 1. The first-order valence-electron chi connectivity index (χ1n) is 3.02. The van der Waals surface area contributed by atoms with Crippen LogP contribution in [0.15, 0.2) is 12.2 Å². The van der Waals surface area contributed by atoms with E-state index in [-0.39, 0.29) is 5.78 Å². The third-order valence-electron chi connectivity index (χ3n) is 0.923. The van der Waals surface area contributed by atoms with Crippen LogP contribution < -0.4 is 0 Å². The van der Waals surface area contributed by atoms with E-state index in [9.17, 15) is 9.59 Å². The Balaban J connectivity index is 3.36. The zero-order valence-corrected chi connectivity index (χ0v) is 5.83. The van der Waals surface area contributed by atoms with Crippen LogP contribution in [0.25, 0.3) is 0 Å². The van der Waals surface area contributed by atoms with Gasteiger partial charge in [-0.1, -0.05) is 6.08 Å². The molecule has 0 fully saturated rings. The van der Waals surface area contributed by atoms with Gasteiger partial charge >= 0.3 is 5.97 Å². The molecule has 10 heavy (non-hydrogen) atoms. The van der Waals surface area contributed by atoms with Crippen LogP contribution in [0.5, 0.6) is 0 Å².